The average molecular weight is 257 g/mol. The number of ether oxygens (including phenoxy) is 1. The molecule has 0 fully saturated rings. The second-order valence-electron chi connectivity index (χ2n) is 4.83. The molecule has 0 spiro atoms. The van der Waals surface area contributed by atoms with Gasteiger partial charge in [0.2, 0.25) is 0 Å². The van der Waals surface area contributed by atoms with Crippen molar-refractivity contribution in [1.82, 2.24) is 0 Å². The van der Waals surface area contributed by atoms with Crippen LogP contribution in [0.25, 0.3) is 11.1 Å². The Balaban J connectivity index is 2.10. The molecule has 1 atom stereocenters. The second kappa shape index (κ2) is 5.11. The molecule has 0 aliphatic carbocycles. The zero-order chi connectivity index (χ0) is 13.2. The predicted octanol–water partition coefficient (Wildman–Crippen LogP) is 3.07. The molecule has 2 aromatic carbocycles. The van der Waals surface area contributed by atoms with Gasteiger partial charge in [-0.3, -0.25) is 0 Å². The van der Waals surface area contributed by atoms with Crippen LogP contribution >= 0.6 is 0 Å². The van der Waals surface area contributed by atoms with Gasteiger partial charge in [0.05, 0.1) is 13.2 Å². The first kappa shape index (κ1) is 12.3. The molecule has 3 heteroatoms. The van der Waals surface area contributed by atoms with Crippen LogP contribution in [0.1, 0.15) is 17.0 Å². The molecule has 0 saturated carbocycles. The monoisotopic (exact) mass is 257 g/mol. The van der Waals surface area contributed by atoms with Crippen molar-refractivity contribution in [1.29, 1.82) is 0 Å². The van der Waals surface area contributed by atoms with Gasteiger partial charge in [-0.05, 0) is 34.4 Å². The summed E-state index contributed by atoms with van der Waals surface area (Å²) < 4.78 is 18.6. The first-order valence-electron chi connectivity index (χ1n) is 6.45. The summed E-state index contributed by atoms with van der Waals surface area (Å²) in [5, 5.41) is 0. The van der Waals surface area contributed by atoms with E-state index < -0.39 is 0 Å². The van der Waals surface area contributed by atoms with Crippen LogP contribution in [0.3, 0.4) is 0 Å². The zero-order valence-electron chi connectivity index (χ0n) is 10.6. The lowest BCUT2D eigenvalue weighted by Gasteiger charge is -2.26. The molecule has 0 aromatic heterocycles. The molecule has 1 heterocycles. The number of nitrogens with two attached hydrogens (primary N) is 1. The van der Waals surface area contributed by atoms with Crippen LogP contribution in [0.5, 0.6) is 0 Å². The first-order chi connectivity index (χ1) is 9.29. The Bertz CT molecular complexity index is 580. The molecule has 98 valence electrons. The van der Waals surface area contributed by atoms with Crippen LogP contribution in [-0.4, -0.2) is 13.2 Å². The van der Waals surface area contributed by atoms with E-state index in [-0.39, 0.29) is 11.7 Å². The van der Waals surface area contributed by atoms with Gasteiger partial charge in [0.25, 0.3) is 0 Å². The Hall–Kier alpha value is -1.71. The second-order valence-corrected chi connectivity index (χ2v) is 4.83. The standard InChI is InChI=1S/C16H16FNO/c17-13-6-4-11(5-7-13)14-2-1-3-15-12(8-18)9-19-10-16(14)15/h1-7,12H,8-10,18H2/t12-/m0/s1. The molecule has 2 aromatic rings. The van der Waals surface area contributed by atoms with Crippen molar-refractivity contribution in [2.45, 2.75) is 12.5 Å². The maximum atomic E-state index is 13.0. The van der Waals surface area contributed by atoms with Gasteiger partial charge in [0.15, 0.2) is 0 Å². The minimum atomic E-state index is -0.218. The van der Waals surface area contributed by atoms with Crippen molar-refractivity contribution in [2.24, 2.45) is 5.73 Å². The number of rotatable bonds is 2. The highest BCUT2D eigenvalue weighted by Gasteiger charge is 2.21. The van der Waals surface area contributed by atoms with Crippen molar-refractivity contribution in [3.8, 4) is 11.1 Å². The van der Waals surface area contributed by atoms with E-state index in [4.69, 9.17) is 10.5 Å². The lowest BCUT2D eigenvalue weighted by Crippen LogP contribution is -2.24. The number of hydrogen-bond acceptors (Lipinski definition) is 2. The quantitative estimate of drug-likeness (QED) is 0.897. The number of halogens is 1. The highest BCUT2D eigenvalue weighted by atomic mass is 19.1. The number of benzene rings is 2. The fourth-order valence-electron chi connectivity index (χ4n) is 2.64. The van der Waals surface area contributed by atoms with Crippen molar-refractivity contribution < 1.29 is 9.13 Å². The normalized spacial score (nSPS) is 18.1. The van der Waals surface area contributed by atoms with Crippen LogP contribution in [0, 0.1) is 5.82 Å². The maximum absolute atomic E-state index is 13.0. The molecule has 2 N–H and O–H groups in total. The summed E-state index contributed by atoms with van der Waals surface area (Å²) in [4.78, 5) is 0. The number of fused-ring (bicyclic) bond motifs is 1. The van der Waals surface area contributed by atoms with Gasteiger partial charge in [0.1, 0.15) is 5.82 Å². The van der Waals surface area contributed by atoms with E-state index in [0.29, 0.717) is 19.8 Å². The van der Waals surface area contributed by atoms with Gasteiger partial charge < -0.3 is 10.5 Å². The van der Waals surface area contributed by atoms with Crippen molar-refractivity contribution >= 4 is 0 Å². The van der Waals surface area contributed by atoms with Crippen LogP contribution in [-0.2, 0) is 11.3 Å². The predicted molar refractivity (Wildman–Crippen MR) is 73.3 cm³/mol. The summed E-state index contributed by atoms with van der Waals surface area (Å²) in [6.07, 6.45) is 0. The van der Waals surface area contributed by atoms with E-state index in [1.54, 1.807) is 12.1 Å². The number of hydrogen-bond donors (Lipinski definition) is 1. The summed E-state index contributed by atoms with van der Waals surface area (Å²) in [5.74, 6) is 0.0359. The third kappa shape index (κ3) is 2.27. The lowest BCUT2D eigenvalue weighted by atomic mass is 9.88. The molecular formula is C16H16FNO. The summed E-state index contributed by atoms with van der Waals surface area (Å²) >= 11 is 0. The molecular weight excluding hydrogens is 241 g/mol. The third-order valence-electron chi connectivity index (χ3n) is 3.66. The highest BCUT2D eigenvalue weighted by Crippen LogP contribution is 2.33. The van der Waals surface area contributed by atoms with Gasteiger partial charge in [-0.25, -0.2) is 4.39 Å². The van der Waals surface area contributed by atoms with E-state index in [9.17, 15) is 4.39 Å². The van der Waals surface area contributed by atoms with Gasteiger partial charge in [-0.15, -0.1) is 0 Å². The van der Waals surface area contributed by atoms with Gasteiger partial charge in [-0.2, -0.15) is 0 Å². The lowest BCUT2D eigenvalue weighted by molar-refractivity contribution is 0.0932. The Morgan fingerprint density at radius 1 is 1.16 bits per heavy atom. The van der Waals surface area contributed by atoms with Crippen molar-refractivity contribution in [3.05, 3.63) is 59.4 Å². The van der Waals surface area contributed by atoms with E-state index in [0.717, 1.165) is 11.1 Å². The fraction of sp³-hybridized carbons (Fsp3) is 0.250. The SMILES string of the molecule is NC[C@H]1COCc2c(-c3ccc(F)cc3)cccc21. The molecule has 1 aliphatic rings. The summed E-state index contributed by atoms with van der Waals surface area (Å²) in [7, 11) is 0. The Morgan fingerprint density at radius 3 is 2.68 bits per heavy atom. The third-order valence-corrected chi connectivity index (χ3v) is 3.66. The largest absolute Gasteiger partial charge is 0.376 e. The first-order valence-corrected chi connectivity index (χ1v) is 6.45. The summed E-state index contributed by atoms with van der Waals surface area (Å²) in [6.45, 7) is 1.86. The fourth-order valence-corrected chi connectivity index (χ4v) is 2.64. The topological polar surface area (TPSA) is 35.2 Å². The molecule has 1 aliphatic heterocycles. The van der Waals surface area contributed by atoms with E-state index in [2.05, 4.69) is 6.07 Å². The molecule has 0 radical (unpaired) electrons. The van der Waals surface area contributed by atoms with Crippen molar-refractivity contribution in [2.75, 3.05) is 13.2 Å². The maximum Gasteiger partial charge on any atom is 0.123 e. The Morgan fingerprint density at radius 2 is 1.95 bits per heavy atom. The van der Waals surface area contributed by atoms with E-state index in [1.165, 1.54) is 23.3 Å². The highest BCUT2D eigenvalue weighted by molar-refractivity contribution is 5.69. The summed E-state index contributed by atoms with van der Waals surface area (Å²) in [6, 6.07) is 12.8. The molecule has 19 heavy (non-hydrogen) atoms. The minimum Gasteiger partial charge on any atom is -0.376 e. The average Bonchev–Trinajstić information content (AvgIpc) is 2.47. The molecule has 3 rings (SSSR count). The van der Waals surface area contributed by atoms with Gasteiger partial charge in [0, 0.05) is 12.5 Å². The molecule has 0 saturated heterocycles. The van der Waals surface area contributed by atoms with Crippen LogP contribution < -0.4 is 5.73 Å². The smallest absolute Gasteiger partial charge is 0.123 e. The molecule has 0 amide bonds. The van der Waals surface area contributed by atoms with Crippen LogP contribution in [0.4, 0.5) is 4.39 Å². The van der Waals surface area contributed by atoms with Crippen LogP contribution in [0.2, 0.25) is 0 Å². The summed E-state index contributed by atoms with van der Waals surface area (Å²) in [5.41, 5.74) is 10.4. The molecule has 2 nitrogen and oxygen atoms in total. The molecule has 0 unspecified atom stereocenters. The van der Waals surface area contributed by atoms with E-state index in [1.807, 2.05) is 12.1 Å². The van der Waals surface area contributed by atoms with Crippen LogP contribution in [0.15, 0.2) is 42.5 Å². The van der Waals surface area contributed by atoms with E-state index >= 15 is 0 Å². The van der Waals surface area contributed by atoms with Gasteiger partial charge in [-0.1, -0.05) is 30.3 Å². The Labute approximate surface area is 112 Å². The molecule has 0 bridgehead atoms. The Kier molecular flexibility index (Phi) is 3.32. The van der Waals surface area contributed by atoms with Crippen molar-refractivity contribution in [3.63, 3.8) is 0 Å². The van der Waals surface area contributed by atoms with Gasteiger partial charge >= 0.3 is 0 Å². The minimum absolute atomic E-state index is 0.218. The zero-order valence-corrected chi connectivity index (χ0v) is 10.6.